The Balaban J connectivity index is 2.11. The Bertz CT molecular complexity index is 318. The molecule has 2 rings (SSSR count). The Hall–Kier alpha value is -1.03. The SMILES string of the molecule is O=NC1CCC(c2cccs2)=NC1. The van der Waals surface area contributed by atoms with Crippen molar-refractivity contribution in [2.45, 2.75) is 18.9 Å². The van der Waals surface area contributed by atoms with Crippen molar-refractivity contribution in [2.24, 2.45) is 10.2 Å². The Morgan fingerprint density at radius 2 is 2.54 bits per heavy atom. The molecule has 68 valence electrons. The fourth-order valence-electron chi connectivity index (χ4n) is 1.42. The summed E-state index contributed by atoms with van der Waals surface area (Å²) >= 11 is 1.70. The number of aliphatic imine (C=N–C) groups is 1. The monoisotopic (exact) mass is 194 g/mol. The van der Waals surface area contributed by atoms with E-state index in [0.29, 0.717) is 6.54 Å². The third-order valence-electron chi connectivity index (χ3n) is 2.16. The topological polar surface area (TPSA) is 41.8 Å². The van der Waals surface area contributed by atoms with E-state index < -0.39 is 0 Å². The third kappa shape index (κ3) is 1.83. The second-order valence-corrected chi connectivity index (χ2v) is 4.01. The summed E-state index contributed by atoms with van der Waals surface area (Å²) in [6, 6.07) is 3.99. The molecule has 0 amide bonds. The first-order valence-corrected chi connectivity index (χ1v) is 5.18. The summed E-state index contributed by atoms with van der Waals surface area (Å²) in [6.45, 7) is 0.566. The fraction of sp³-hybridized carbons (Fsp3) is 0.444. The van der Waals surface area contributed by atoms with Gasteiger partial charge < -0.3 is 0 Å². The van der Waals surface area contributed by atoms with Crippen molar-refractivity contribution in [2.75, 3.05) is 6.54 Å². The van der Waals surface area contributed by atoms with Crippen LogP contribution in [-0.4, -0.2) is 18.3 Å². The maximum absolute atomic E-state index is 10.2. The van der Waals surface area contributed by atoms with Crippen molar-refractivity contribution in [3.63, 3.8) is 0 Å². The summed E-state index contributed by atoms with van der Waals surface area (Å²) in [7, 11) is 0. The minimum atomic E-state index is -0.0938. The molecule has 0 saturated heterocycles. The summed E-state index contributed by atoms with van der Waals surface area (Å²) in [5.41, 5.74) is 1.13. The molecule has 1 aliphatic heterocycles. The highest BCUT2D eigenvalue weighted by Crippen LogP contribution is 2.19. The van der Waals surface area contributed by atoms with E-state index in [-0.39, 0.29) is 6.04 Å². The van der Waals surface area contributed by atoms with Crippen LogP contribution in [0.5, 0.6) is 0 Å². The predicted molar refractivity (Wildman–Crippen MR) is 54.5 cm³/mol. The number of hydrogen-bond donors (Lipinski definition) is 0. The standard InChI is InChI=1S/C9H10N2OS/c12-11-7-3-4-8(10-6-7)9-2-1-5-13-9/h1-2,5,7H,3-4,6H2. The van der Waals surface area contributed by atoms with E-state index in [1.54, 1.807) is 11.3 Å². The van der Waals surface area contributed by atoms with E-state index in [0.717, 1.165) is 18.6 Å². The van der Waals surface area contributed by atoms with Gasteiger partial charge in [0.15, 0.2) is 0 Å². The molecule has 0 spiro atoms. The lowest BCUT2D eigenvalue weighted by molar-refractivity contribution is 0.615. The number of nitroso groups, excluding NO2 is 1. The van der Waals surface area contributed by atoms with Crippen LogP contribution in [-0.2, 0) is 0 Å². The molecular formula is C9H10N2OS. The molecule has 1 aromatic rings. The first-order valence-electron chi connectivity index (χ1n) is 4.30. The molecule has 4 heteroatoms. The van der Waals surface area contributed by atoms with E-state index in [2.05, 4.69) is 16.2 Å². The molecular weight excluding hydrogens is 184 g/mol. The second kappa shape index (κ2) is 3.79. The normalized spacial score (nSPS) is 22.5. The van der Waals surface area contributed by atoms with Gasteiger partial charge in [-0.2, -0.15) is 4.91 Å². The lowest BCUT2D eigenvalue weighted by atomic mass is 10.0. The molecule has 0 bridgehead atoms. The summed E-state index contributed by atoms with van der Waals surface area (Å²) in [4.78, 5) is 15.8. The van der Waals surface area contributed by atoms with Crippen LogP contribution in [0, 0.1) is 4.91 Å². The highest BCUT2D eigenvalue weighted by atomic mass is 32.1. The molecule has 0 aromatic carbocycles. The number of rotatable bonds is 2. The van der Waals surface area contributed by atoms with Crippen LogP contribution in [0.4, 0.5) is 0 Å². The van der Waals surface area contributed by atoms with E-state index >= 15 is 0 Å². The summed E-state index contributed by atoms with van der Waals surface area (Å²) in [5, 5.41) is 5.05. The summed E-state index contributed by atoms with van der Waals surface area (Å²) in [5.74, 6) is 0. The van der Waals surface area contributed by atoms with Crippen molar-refractivity contribution in [3.8, 4) is 0 Å². The van der Waals surface area contributed by atoms with Gasteiger partial charge in [-0.3, -0.25) is 4.99 Å². The minimum absolute atomic E-state index is 0.0938. The molecule has 0 N–H and O–H groups in total. The van der Waals surface area contributed by atoms with E-state index in [4.69, 9.17) is 0 Å². The van der Waals surface area contributed by atoms with Gasteiger partial charge in [0.1, 0.15) is 6.04 Å². The fourth-order valence-corrected chi connectivity index (χ4v) is 2.18. The molecule has 2 heterocycles. The zero-order valence-electron chi connectivity index (χ0n) is 7.14. The van der Waals surface area contributed by atoms with Gasteiger partial charge >= 0.3 is 0 Å². The molecule has 3 nitrogen and oxygen atoms in total. The van der Waals surface area contributed by atoms with Gasteiger partial charge in [-0.15, -0.1) is 11.3 Å². The van der Waals surface area contributed by atoms with Gasteiger partial charge in [0.25, 0.3) is 0 Å². The summed E-state index contributed by atoms with van der Waals surface area (Å²) in [6.07, 6.45) is 1.73. The molecule has 0 saturated carbocycles. The van der Waals surface area contributed by atoms with Gasteiger partial charge in [0.05, 0.1) is 12.3 Å². The minimum Gasteiger partial charge on any atom is -0.286 e. The molecule has 1 aliphatic rings. The molecule has 0 radical (unpaired) electrons. The second-order valence-electron chi connectivity index (χ2n) is 3.06. The lowest BCUT2D eigenvalue weighted by Gasteiger charge is -2.14. The number of nitrogens with zero attached hydrogens (tertiary/aromatic N) is 2. The van der Waals surface area contributed by atoms with Crippen molar-refractivity contribution in [1.82, 2.24) is 0 Å². The molecule has 0 fully saturated rings. The molecule has 1 atom stereocenters. The van der Waals surface area contributed by atoms with Crippen LogP contribution in [0.25, 0.3) is 0 Å². The van der Waals surface area contributed by atoms with Crippen LogP contribution < -0.4 is 0 Å². The maximum Gasteiger partial charge on any atom is 0.112 e. The smallest absolute Gasteiger partial charge is 0.112 e. The van der Waals surface area contributed by atoms with Crippen LogP contribution in [0.15, 0.2) is 27.7 Å². The molecule has 0 aliphatic carbocycles. The average molecular weight is 194 g/mol. The highest BCUT2D eigenvalue weighted by Gasteiger charge is 2.16. The van der Waals surface area contributed by atoms with Crippen LogP contribution in [0.3, 0.4) is 0 Å². The van der Waals surface area contributed by atoms with Crippen LogP contribution in [0.1, 0.15) is 17.7 Å². The molecule has 13 heavy (non-hydrogen) atoms. The zero-order chi connectivity index (χ0) is 9.10. The van der Waals surface area contributed by atoms with Gasteiger partial charge in [-0.25, -0.2) is 0 Å². The van der Waals surface area contributed by atoms with Crippen molar-refractivity contribution < 1.29 is 0 Å². The van der Waals surface area contributed by atoms with Crippen LogP contribution >= 0.6 is 11.3 Å². The maximum atomic E-state index is 10.2. The average Bonchev–Trinajstić information content (AvgIpc) is 2.71. The molecule has 1 aromatic heterocycles. The van der Waals surface area contributed by atoms with E-state index in [1.807, 2.05) is 11.4 Å². The Labute approximate surface area is 80.5 Å². The van der Waals surface area contributed by atoms with Crippen LogP contribution in [0.2, 0.25) is 0 Å². The Kier molecular flexibility index (Phi) is 2.49. The van der Waals surface area contributed by atoms with Gasteiger partial charge in [0.2, 0.25) is 0 Å². The van der Waals surface area contributed by atoms with E-state index in [1.165, 1.54) is 4.88 Å². The first-order chi connectivity index (χ1) is 6.40. The summed E-state index contributed by atoms with van der Waals surface area (Å²) < 4.78 is 0. The van der Waals surface area contributed by atoms with E-state index in [9.17, 15) is 4.91 Å². The van der Waals surface area contributed by atoms with Gasteiger partial charge in [-0.1, -0.05) is 11.2 Å². The van der Waals surface area contributed by atoms with Crippen molar-refractivity contribution in [1.29, 1.82) is 0 Å². The largest absolute Gasteiger partial charge is 0.286 e. The Morgan fingerprint density at radius 3 is 3.08 bits per heavy atom. The Morgan fingerprint density at radius 1 is 1.62 bits per heavy atom. The number of hydrogen-bond acceptors (Lipinski definition) is 4. The van der Waals surface area contributed by atoms with Gasteiger partial charge in [-0.05, 0) is 24.3 Å². The van der Waals surface area contributed by atoms with Gasteiger partial charge in [0, 0.05) is 4.88 Å². The van der Waals surface area contributed by atoms with Crippen molar-refractivity contribution >= 4 is 17.0 Å². The van der Waals surface area contributed by atoms with Crippen molar-refractivity contribution in [3.05, 3.63) is 27.3 Å². The lowest BCUT2D eigenvalue weighted by Crippen LogP contribution is -2.18. The predicted octanol–water partition coefficient (Wildman–Crippen LogP) is 2.47. The molecule has 1 unspecified atom stereocenters. The zero-order valence-corrected chi connectivity index (χ0v) is 7.96. The highest BCUT2D eigenvalue weighted by molar-refractivity contribution is 7.12. The first kappa shape index (κ1) is 8.56. The quantitative estimate of drug-likeness (QED) is 0.667. The third-order valence-corrected chi connectivity index (χ3v) is 3.08. The number of thiophene rings is 1.